The van der Waals surface area contributed by atoms with Crippen LogP contribution in [-0.4, -0.2) is 9.97 Å². The molecule has 9 rings (SSSR count). The number of hydrogen-bond acceptors (Lipinski definition) is 4. The number of furan rings is 1. The van der Waals surface area contributed by atoms with Gasteiger partial charge in [-0.2, -0.15) is 5.26 Å². The molecule has 3 heterocycles. The van der Waals surface area contributed by atoms with E-state index in [0.29, 0.717) is 11.5 Å². The van der Waals surface area contributed by atoms with E-state index in [1.807, 2.05) is 24.3 Å². The second kappa shape index (κ2) is 11.3. The number of benzene rings is 6. The van der Waals surface area contributed by atoms with Gasteiger partial charge in [0.15, 0.2) is 0 Å². The molecule has 0 radical (unpaired) electrons. The standard InChI is InChI=1S/C44H24N4O/c1-46-42-23-30(17-19-48-42)28-9-7-11-32(21-28)39-25-41-44(37-15-5-3-13-35(37)39)43-36-14-4-2-12-34(36)38(24-40(43)49-41)31-10-6-8-27(20-31)29-16-18-47-33(22-29)26-45/h2-25H. The molecule has 0 bridgehead atoms. The normalized spacial score (nSPS) is 11.2. The van der Waals surface area contributed by atoms with E-state index in [2.05, 4.69) is 130 Å². The maximum Gasteiger partial charge on any atom is 0.270 e. The van der Waals surface area contributed by atoms with E-state index in [1.165, 1.54) is 0 Å². The van der Waals surface area contributed by atoms with Crippen LogP contribution in [0.15, 0.2) is 150 Å². The van der Waals surface area contributed by atoms with Gasteiger partial charge in [-0.1, -0.05) is 91.5 Å². The van der Waals surface area contributed by atoms with E-state index in [0.717, 1.165) is 88.0 Å². The average Bonchev–Trinajstić information content (AvgIpc) is 3.56. The highest BCUT2D eigenvalue weighted by Crippen LogP contribution is 2.45. The summed E-state index contributed by atoms with van der Waals surface area (Å²) in [6, 6.07) is 47.9. The van der Waals surface area contributed by atoms with E-state index < -0.39 is 0 Å². The zero-order chi connectivity index (χ0) is 32.9. The molecule has 0 saturated heterocycles. The van der Waals surface area contributed by atoms with Crippen molar-refractivity contribution in [3.05, 3.63) is 163 Å². The highest BCUT2D eigenvalue weighted by molar-refractivity contribution is 6.29. The van der Waals surface area contributed by atoms with Crippen LogP contribution in [0.2, 0.25) is 0 Å². The Bertz CT molecular complexity index is 2680. The second-order valence-corrected chi connectivity index (χ2v) is 12.0. The number of pyridine rings is 2. The Balaban J connectivity index is 1.27. The van der Waals surface area contributed by atoms with E-state index in [4.69, 9.17) is 11.0 Å². The minimum atomic E-state index is 0.376. The summed E-state index contributed by atoms with van der Waals surface area (Å²) >= 11 is 0. The van der Waals surface area contributed by atoms with Gasteiger partial charge in [-0.05, 0) is 115 Å². The summed E-state index contributed by atoms with van der Waals surface area (Å²) < 4.78 is 6.80. The fourth-order valence-corrected chi connectivity index (χ4v) is 7.04. The van der Waals surface area contributed by atoms with Crippen molar-refractivity contribution < 1.29 is 4.42 Å². The van der Waals surface area contributed by atoms with Gasteiger partial charge in [0.05, 0.1) is 0 Å². The predicted molar refractivity (Wildman–Crippen MR) is 197 cm³/mol. The lowest BCUT2D eigenvalue weighted by Gasteiger charge is -2.12. The summed E-state index contributed by atoms with van der Waals surface area (Å²) in [6.07, 6.45) is 3.36. The van der Waals surface area contributed by atoms with E-state index in [1.54, 1.807) is 12.4 Å². The zero-order valence-electron chi connectivity index (χ0n) is 26.1. The van der Waals surface area contributed by atoms with Gasteiger partial charge in [-0.25, -0.2) is 4.98 Å². The molecule has 0 aliphatic heterocycles. The molecule has 0 unspecified atom stereocenters. The van der Waals surface area contributed by atoms with Crippen LogP contribution in [0.4, 0.5) is 5.82 Å². The van der Waals surface area contributed by atoms with Crippen molar-refractivity contribution in [2.24, 2.45) is 0 Å². The molecule has 0 atom stereocenters. The van der Waals surface area contributed by atoms with Crippen molar-refractivity contribution in [3.8, 4) is 50.6 Å². The summed E-state index contributed by atoms with van der Waals surface area (Å²) in [4.78, 5) is 11.8. The predicted octanol–water partition coefficient (Wildman–Crippen LogP) is 11.8. The van der Waals surface area contributed by atoms with Crippen molar-refractivity contribution in [2.45, 2.75) is 0 Å². The van der Waals surface area contributed by atoms with Crippen molar-refractivity contribution >= 4 is 49.3 Å². The smallest absolute Gasteiger partial charge is 0.270 e. The summed E-state index contributed by atoms with van der Waals surface area (Å²) in [5.74, 6) is 0.376. The number of hydrogen-bond donors (Lipinski definition) is 0. The largest absolute Gasteiger partial charge is 0.456 e. The van der Waals surface area contributed by atoms with Gasteiger partial charge < -0.3 is 9.26 Å². The van der Waals surface area contributed by atoms with Crippen LogP contribution >= 0.6 is 0 Å². The number of nitriles is 1. The van der Waals surface area contributed by atoms with Gasteiger partial charge >= 0.3 is 0 Å². The first-order chi connectivity index (χ1) is 24.2. The van der Waals surface area contributed by atoms with Crippen LogP contribution in [0.25, 0.3) is 92.8 Å². The molecule has 0 amide bonds. The number of nitrogens with zero attached hydrogens (tertiary/aromatic N) is 4. The lowest BCUT2D eigenvalue weighted by atomic mass is 9.90. The third-order valence-corrected chi connectivity index (χ3v) is 9.24. The van der Waals surface area contributed by atoms with Crippen LogP contribution in [-0.2, 0) is 0 Å². The minimum absolute atomic E-state index is 0.376. The molecule has 0 aliphatic rings. The molecule has 6 aromatic carbocycles. The lowest BCUT2D eigenvalue weighted by Crippen LogP contribution is -1.87. The van der Waals surface area contributed by atoms with Gasteiger partial charge in [0.1, 0.15) is 29.1 Å². The third-order valence-electron chi connectivity index (χ3n) is 9.24. The molecule has 5 heteroatoms. The molecule has 0 fully saturated rings. The lowest BCUT2D eigenvalue weighted by molar-refractivity contribution is 0.670. The SMILES string of the molecule is [C-]#[N+]c1cc(-c2cccc(-c3cc4oc5cc(-c6cccc(-c7ccnc(C#N)c7)c6)c6ccccc6c5c4c4ccccc34)c2)ccn1. The molecule has 226 valence electrons. The fraction of sp³-hybridized carbons (Fsp3) is 0. The Morgan fingerprint density at radius 3 is 1.55 bits per heavy atom. The van der Waals surface area contributed by atoms with E-state index in [9.17, 15) is 5.26 Å². The molecular formula is C44H24N4O. The maximum atomic E-state index is 9.41. The number of rotatable bonds is 4. The Kier molecular flexibility index (Phi) is 6.50. The first-order valence-corrected chi connectivity index (χ1v) is 15.9. The molecule has 3 aromatic heterocycles. The van der Waals surface area contributed by atoms with Crippen LogP contribution in [0.1, 0.15) is 5.69 Å². The summed E-state index contributed by atoms with van der Waals surface area (Å²) in [6.45, 7) is 7.40. The van der Waals surface area contributed by atoms with Gasteiger partial charge in [-0.15, -0.1) is 4.98 Å². The maximum absolute atomic E-state index is 9.41. The van der Waals surface area contributed by atoms with E-state index in [-0.39, 0.29) is 0 Å². The second-order valence-electron chi connectivity index (χ2n) is 12.0. The van der Waals surface area contributed by atoms with Gasteiger partial charge in [0.25, 0.3) is 5.82 Å². The van der Waals surface area contributed by atoms with Crippen LogP contribution in [0.3, 0.4) is 0 Å². The fourth-order valence-electron chi connectivity index (χ4n) is 7.04. The molecule has 0 spiro atoms. The van der Waals surface area contributed by atoms with Crippen LogP contribution in [0.5, 0.6) is 0 Å². The molecule has 5 nitrogen and oxygen atoms in total. The quantitative estimate of drug-likeness (QED) is 0.183. The van der Waals surface area contributed by atoms with Gasteiger partial charge in [0, 0.05) is 17.0 Å². The third kappa shape index (κ3) is 4.69. The Labute approximate surface area is 281 Å². The molecule has 0 saturated carbocycles. The topological polar surface area (TPSA) is 67.1 Å². The van der Waals surface area contributed by atoms with Gasteiger partial charge in [0.2, 0.25) is 0 Å². The first kappa shape index (κ1) is 28.2. The van der Waals surface area contributed by atoms with Crippen molar-refractivity contribution in [1.82, 2.24) is 9.97 Å². The molecule has 49 heavy (non-hydrogen) atoms. The summed E-state index contributed by atoms with van der Waals surface area (Å²) in [7, 11) is 0. The molecular weight excluding hydrogens is 601 g/mol. The van der Waals surface area contributed by atoms with Crippen LogP contribution < -0.4 is 0 Å². The summed E-state index contributed by atoms with van der Waals surface area (Å²) in [5.41, 5.74) is 10.3. The van der Waals surface area contributed by atoms with Crippen molar-refractivity contribution in [2.75, 3.05) is 0 Å². The monoisotopic (exact) mass is 624 g/mol. The van der Waals surface area contributed by atoms with E-state index >= 15 is 0 Å². The Morgan fingerprint density at radius 2 is 1.00 bits per heavy atom. The Hall–Kier alpha value is -7.08. The van der Waals surface area contributed by atoms with Crippen LogP contribution in [0, 0.1) is 17.9 Å². The van der Waals surface area contributed by atoms with Gasteiger partial charge in [-0.3, -0.25) is 0 Å². The molecule has 0 N–H and O–H groups in total. The highest BCUT2D eigenvalue weighted by atomic mass is 16.3. The first-order valence-electron chi connectivity index (χ1n) is 15.9. The number of fused-ring (bicyclic) bond motifs is 7. The average molecular weight is 625 g/mol. The zero-order valence-corrected chi connectivity index (χ0v) is 26.1. The number of aromatic nitrogens is 2. The summed E-state index contributed by atoms with van der Waals surface area (Å²) in [5, 5.41) is 16.1. The highest BCUT2D eigenvalue weighted by Gasteiger charge is 2.19. The molecule has 0 aliphatic carbocycles. The van der Waals surface area contributed by atoms with Crippen molar-refractivity contribution in [1.29, 1.82) is 5.26 Å². The minimum Gasteiger partial charge on any atom is -0.456 e. The molecule has 9 aromatic rings. The van der Waals surface area contributed by atoms with Crippen molar-refractivity contribution in [3.63, 3.8) is 0 Å². The Morgan fingerprint density at radius 1 is 0.510 bits per heavy atom.